The summed E-state index contributed by atoms with van der Waals surface area (Å²) in [7, 11) is 0. The molecule has 0 unspecified atom stereocenters. The second-order valence-corrected chi connectivity index (χ2v) is 3.96. The molecule has 0 bridgehead atoms. The molecule has 20 heavy (non-hydrogen) atoms. The Morgan fingerprint density at radius 2 is 1.95 bits per heavy atom. The molecule has 1 aromatic carbocycles. The van der Waals surface area contributed by atoms with Gasteiger partial charge in [-0.25, -0.2) is 9.18 Å². The van der Waals surface area contributed by atoms with E-state index < -0.39 is 17.7 Å². The molecule has 0 aliphatic carbocycles. The van der Waals surface area contributed by atoms with Crippen molar-refractivity contribution in [3.8, 4) is 0 Å². The maximum atomic E-state index is 13.3. The van der Waals surface area contributed by atoms with Gasteiger partial charge in [0.25, 0.3) is 5.91 Å². The molecule has 0 atom stereocenters. The first-order chi connectivity index (χ1) is 9.47. The number of carboxylic acid groups (broad SMARTS) is 1. The maximum absolute atomic E-state index is 13.3. The minimum Gasteiger partial charge on any atom is -0.478 e. The molecular formula is C13H10FN3O3. The highest BCUT2D eigenvalue weighted by atomic mass is 19.1. The van der Waals surface area contributed by atoms with Gasteiger partial charge >= 0.3 is 5.97 Å². The third-order valence-electron chi connectivity index (χ3n) is 2.51. The Balaban J connectivity index is 2.21. The maximum Gasteiger partial charge on any atom is 0.337 e. The van der Waals surface area contributed by atoms with Crippen molar-refractivity contribution in [3.05, 3.63) is 53.6 Å². The highest BCUT2D eigenvalue weighted by Crippen LogP contribution is 2.14. The zero-order chi connectivity index (χ0) is 14.7. The van der Waals surface area contributed by atoms with Gasteiger partial charge in [0.05, 0.1) is 23.1 Å². The lowest BCUT2D eigenvalue weighted by Crippen LogP contribution is -2.13. The van der Waals surface area contributed by atoms with E-state index in [9.17, 15) is 14.0 Å². The van der Waals surface area contributed by atoms with Crippen molar-refractivity contribution >= 4 is 23.3 Å². The first-order valence-electron chi connectivity index (χ1n) is 5.52. The standard InChI is InChI=1S/C13H10FN3O3/c14-10-4-7(1-2-11(10)15)12(18)17-9-3-8(13(19)20)5-16-6-9/h1-6H,15H2,(H,17,18)(H,19,20). The van der Waals surface area contributed by atoms with Gasteiger partial charge in [-0.15, -0.1) is 0 Å². The number of nitrogen functional groups attached to an aromatic ring is 1. The molecule has 102 valence electrons. The molecule has 1 heterocycles. The minimum absolute atomic E-state index is 0.0592. The molecule has 0 fully saturated rings. The monoisotopic (exact) mass is 275 g/mol. The molecule has 0 saturated heterocycles. The normalized spacial score (nSPS) is 10.1. The van der Waals surface area contributed by atoms with Crippen molar-refractivity contribution < 1.29 is 19.1 Å². The topological polar surface area (TPSA) is 105 Å². The predicted octanol–water partition coefficient (Wildman–Crippen LogP) is 1.75. The summed E-state index contributed by atoms with van der Waals surface area (Å²) in [5, 5.41) is 11.2. The van der Waals surface area contributed by atoms with Crippen molar-refractivity contribution in [1.82, 2.24) is 4.98 Å². The number of anilines is 2. The second kappa shape index (κ2) is 5.35. The molecular weight excluding hydrogens is 265 g/mol. The highest BCUT2D eigenvalue weighted by molar-refractivity contribution is 6.04. The minimum atomic E-state index is -1.16. The number of hydrogen-bond donors (Lipinski definition) is 3. The molecule has 0 radical (unpaired) electrons. The Morgan fingerprint density at radius 1 is 1.20 bits per heavy atom. The van der Waals surface area contributed by atoms with Crippen LogP contribution < -0.4 is 11.1 Å². The van der Waals surface area contributed by atoms with E-state index in [1.807, 2.05) is 0 Å². The SMILES string of the molecule is Nc1ccc(C(=O)Nc2cncc(C(=O)O)c2)cc1F. The Labute approximate surface area is 113 Å². The summed E-state index contributed by atoms with van der Waals surface area (Å²) in [4.78, 5) is 26.3. The molecule has 1 aromatic heterocycles. The van der Waals surface area contributed by atoms with E-state index in [-0.39, 0.29) is 22.5 Å². The molecule has 2 rings (SSSR count). The number of carbonyl (C=O) groups is 2. The fourth-order valence-electron chi connectivity index (χ4n) is 1.50. The summed E-state index contributed by atoms with van der Waals surface area (Å²) in [6, 6.07) is 4.89. The van der Waals surface area contributed by atoms with Gasteiger partial charge in [-0.2, -0.15) is 0 Å². The summed E-state index contributed by atoms with van der Waals surface area (Å²) in [6.07, 6.45) is 2.44. The van der Waals surface area contributed by atoms with Gasteiger partial charge in [0.1, 0.15) is 5.82 Å². The van der Waals surface area contributed by atoms with Crippen LogP contribution in [0.4, 0.5) is 15.8 Å². The van der Waals surface area contributed by atoms with Gasteiger partial charge in [-0.05, 0) is 24.3 Å². The number of nitrogens with zero attached hydrogens (tertiary/aromatic N) is 1. The van der Waals surface area contributed by atoms with Gasteiger partial charge in [0, 0.05) is 11.8 Å². The zero-order valence-corrected chi connectivity index (χ0v) is 10.1. The first kappa shape index (κ1) is 13.5. The lowest BCUT2D eigenvalue weighted by atomic mass is 10.2. The van der Waals surface area contributed by atoms with Crippen LogP contribution in [0, 0.1) is 5.82 Å². The Morgan fingerprint density at radius 3 is 2.60 bits per heavy atom. The summed E-state index contributed by atoms with van der Waals surface area (Å²) in [5.41, 5.74) is 5.46. The number of amides is 1. The fraction of sp³-hybridized carbons (Fsp3) is 0. The lowest BCUT2D eigenvalue weighted by Gasteiger charge is -2.06. The van der Waals surface area contributed by atoms with Crippen LogP contribution in [0.3, 0.4) is 0 Å². The number of nitrogens with two attached hydrogens (primary N) is 1. The number of hydrogen-bond acceptors (Lipinski definition) is 4. The van der Waals surface area contributed by atoms with Crippen LogP contribution in [0.15, 0.2) is 36.7 Å². The quantitative estimate of drug-likeness (QED) is 0.740. The molecule has 4 N–H and O–H groups in total. The first-order valence-corrected chi connectivity index (χ1v) is 5.52. The summed E-state index contributed by atoms with van der Waals surface area (Å²) in [5.74, 6) is -2.45. The van der Waals surface area contributed by atoms with Crippen molar-refractivity contribution in [3.63, 3.8) is 0 Å². The van der Waals surface area contributed by atoms with E-state index in [1.54, 1.807) is 0 Å². The van der Waals surface area contributed by atoms with Crippen LogP contribution in [0.5, 0.6) is 0 Å². The van der Waals surface area contributed by atoms with E-state index in [0.29, 0.717) is 0 Å². The third-order valence-corrected chi connectivity index (χ3v) is 2.51. The Hall–Kier alpha value is -2.96. The van der Waals surface area contributed by atoms with Gasteiger partial charge in [-0.3, -0.25) is 9.78 Å². The van der Waals surface area contributed by atoms with E-state index >= 15 is 0 Å². The molecule has 1 amide bonds. The van der Waals surface area contributed by atoms with Crippen molar-refractivity contribution in [2.24, 2.45) is 0 Å². The van der Waals surface area contributed by atoms with E-state index in [1.165, 1.54) is 24.4 Å². The third kappa shape index (κ3) is 2.89. The highest BCUT2D eigenvalue weighted by Gasteiger charge is 2.10. The Bertz CT molecular complexity index is 688. The number of pyridine rings is 1. The molecule has 0 aliphatic heterocycles. The number of aromatic nitrogens is 1. The average molecular weight is 275 g/mol. The van der Waals surface area contributed by atoms with E-state index in [2.05, 4.69) is 10.3 Å². The number of carbonyl (C=O) groups excluding carboxylic acids is 1. The average Bonchev–Trinajstić information content (AvgIpc) is 2.42. The van der Waals surface area contributed by atoms with Gasteiger partial charge in [0.15, 0.2) is 0 Å². The second-order valence-electron chi connectivity index (χ2n) is 3.96. The molecule has 7 heteroatoms. The largest absolute Gasteiger partial charge is 0.478 e. The van der Waals surface area contributed by atoms with Crippen LogP contribution in [0.2, 0.25) is 0 Å². The van der Waals surface area contributed by atoms with Gasteiger partial charge < -0.3 is 16.2 Å². The van der Waals surface area contributed by atoms with Crippen LogP contribution in [-0.2, 0) is 0 Å². The molecule has 0 aliphatic rings. The fourth-order valence-corrected chi connectivity index (χ4v) is 1.50. The number of rotatable bonds is 3. The number of carboxylic acids is 1. The van der Waals surface area contributed by atoms with Gasteiger partial charge in [-0.1, -0.05) is 0 Å². The molecule has 6 nitrogen and oxygen atoms in total. The van der Waals surface area contributed by atoms with Crippen LogP contribution in [0.25, 0.3) is 0 Å². The van der Waals surface area contributed by atoms with Crippen LogP contribution >= 0.6 is 0 Å². The number of benzene rings is 1. The van der Waals surface area contributed by atoms with Crippen LogP contribution in [0.1, 0.15) is 20.7 Å². The van der Waals surface area contributed by atoms with Gasteiger partial charge in [0.2, 0.25) is 0 Å². The van der Waals surface area contributed by atoms with Crippen molar-refractivity contribution in [1.29, 1.82) is 0 Å². The van der Waals surface area contributed by atoms with E-state index in [4.69, 9.17) is 10.8 Å². The number of halogens is 1. The van der Waals surface area contributed by atoms with Crippen LogP contribution in [-0.4, -0.2) is 22.0 Å². The zero-order valence-electron chi connectivity index (χ0n) is 10.1. The number of aromatic carboxylic acids is 1. The summed E-state index contributed by atoms with van der Waals surface area (Å²) < 4.78 is 13.3. The molecule has 2 aromatic rings. The molecule has 0 spiro atoms. The summed E-state index contributed by atoms with van der Waals surface area (Å²) in [6.45, 7) is 0. The van der Waals surface area contributed by atoms with Crippen molar-refractivity contribution in [2.45, 2.75) is 0 Å². The predicted molar refractivity (Wildman–Crippen MR) is 70.0 cm³/mol. The lowest BCUT2D eigenvalue weighted by molar-refractivity contribution is 0.0696. The number of nitrogens with one attached hydrogen (secondary N) is 1. The Kier molecular flexibility index (Phi) is 3.60. The van der Waals surface area contributed by atoms with E-state index in [0.717, 1.165) is 12.3 Å². The summed E-state index contributed by atoms with van der Waals surface area (Å²) >= 11 is 0. The smallest absolute Gasteiger partial charge is 0.337 e. The van der Waals surface area contributed by atoms with Crippen molar-refractivity contribution in [2.75, 3.05) is 11.1 Å². The molecule has 0 saturated carbocycles.